The Kier molecular flexibility index (Phi) is 4.84. The Morgan fingerprint density at radius 2 is 1.80 bits per heavy atom. The number of para-hydroxylation sites is 2. The van der Waals surface area contributed by atoms with Gasteiger partial charge in [0, 0.05) is 31.6 Å². The average molecular weight is 420 g/mol. The molecule has 2 aromatic carbocycles. The molecule has 3 heterocycles. The summed E-state index contributed by atoms with van der Waals surface area (Å²) in [5.41, 5.74) is 1.04. The van der Waals surface area contributed by atoms with Crippen LogP contribution in [-0.4, -0.2) is 46.9 Å². The topological polar surface area (TPSA) is 66.7 Å². The summed E-state index contributed by atoms with van der Waals surface area (Å²) in [7, 11) is 0. The van der Waals surface area contributed by atoms with Crippen molar-refractivity contribution >= 4 is 38.4 Å². The molecule has 0 unspecified atom stereocenters. The average Bonchev–Trinajstić information content (AvgIpc) is 3.22. The second-order valence-corrected chi connectivity index (χ2v) is 8.57. The van der Waals surface area contributed by atoms with E-state index >= 15 is 0 Å². The minimum absolute atomic E-state index is 0.0985. The maximum Gasteiger partial charge on any atom is 0.349 e. The standard InChI is InChI=1S/C23H21N3O3S/c1-15(21-24-18-7-3-5-9-20(18)30-21)25-10-12-26(13-11-25)22(27)17-14-16-6-2-4-8-19(16)29-23(17)28/h2-9,14-15H,10-13H2,1H3/t15-/m1/s1. The number of carbonyl (C=O) groups excluding carboxylic acids is 1. The molecule has 1 amide bonds. The van der Waals surface area contributed by atoms with E-state index in [1.165, 1.54) is 4.70 Å². The summed E-state index contributed by atoms with van der Waals surface area (Å²) < 4.78 is 6.52. The molecule has 0 aliphatic carbocycles. The SMILES string of the molecule is C[C@H](c1nc2ccccc2s1)N1CCN(C(=O)c2cc3ccccc3oc2=O)CC1. The van der Waals surface area contributed by atoms with Gasteiger partial charge in [-0.05, 0) is 31.2 Å². The number of carbonyl (C=O) groups is 1. The van der Waals surface area contributed by atoms with Gasteiger partial charge in [-0.15, -0.1) is 11.3 Å². The van der Waals surface area contributed by atoms with Crippen LogP contribution in [0.2, 0.25) is 0 Å². The summed E-state index contributed by atoms with van der Waals surface area (Å²) in [5, 5.41) is 1.84. The van der Waals surface area contributed by atoms with E-state index in [1.54, 1.807) is 34.4 Å². The normalized spacial score (nSPS) is 16.2. The van der Waals surface area contributed by atoms with Crippen molar-refractivity contribution in [3.8, 4) is 0 Å². The van der Waals surface area contributed by atoms with Crippen LogP contribution in [-0.2, 0) is 0 Å². The monoisotopic (exact) mass is 419 g/mol. The molecule has 2 aromatic heterocycles. The largest absolute Gasteiger partial charge is 0.422 e. The van der Waals surface area contributed by atoms with Crippen molar-refractivity contribution in [2.45, 2.75) is 13.0 Å². The van der Waals surface area contributed by atoms with Crippen molar-refractivity contribution in [2.75, 3.05) is 26.2 Å². The highest BCUT2D eigenvalue weighted by atomic mass is 32.1. The van der Waals surface area contributed by atoms with Crippen LogP contribution in [0.3, 0.4) is 0 Å². The molecule has 30 heavy (non-hydrogen) atoms. The smallest absolute Gasteiger partial charge is 0.349 e. The highest BCUT2D eigenvalue weighted by Crippen LogP contribution is 2.30. The number of aromatic nitrogens is 1. The van der Waals surface area contributed by atoms with E-state index in [0.29, 0.717) is 18.7 Å². The molecule has 0 radical (unpaired) electrons. The second kappa shape index (κ2) is 7.66. The number of benzene rings is 2. The predicted octanol–water partition coefficient (Wildman–Crippen LogP) is 3.92. The molecule has 0 N–H and O–H groups in total. The molecule has 0 spiro atoms. The number of piperazine rings is 1. The van der Waals surface area contributed by atoms with Gasteiger partial charge in [0.1, 0.15) is 16.2 Å². The number of rotatable bonds is 3. The molecule has 7 heteroatoms. The zero-order chi connectivity index (χ0) is 20.7. The molecule has 0 bridgehead atoms. The van der Waals surface area contributed by atoms with Crippen LogP contribution in [0.25, 0.3) is 21.2 Å². The third-order valence-electron chi connectivity index (χ3n) is 5.69. The fourth-order valence-corrected chi connectivity index (χ4v) is 4.97. The molecule has 1 fully saturated rings. The number of amides is 1. The van der Waals surface area contributed by atoms with Crippen LogP contribution >= 0.6 is 11.3 Å². The lowest BCUT2D eigenvalue weighted by atomic mass is 10.1. The quantitative estimate of drug-likeness (QED) is 0.471. The van der Waals surface area contributed by atoms with Gasteiger partial charge in [-0.3, -0.25) is 9.69 Å². The predicted molar refractivity (Wildman–Crippen MR) is 118 cm³/mol. The van der Waals surface area contributed by atoms with Crippen LogP contribution in [0, 0.1) is 0 Å². The molecular formula is C23H21N3O3S. The van der Waals surface area contributed by atoms with Crippen LogP contribution in [0.15, 0.2) is 63.8 Å². The van der Waals surface area contributed by atoms with Gasteiger partial charge in [-0.1, -0.05) is 30.3 Å². The summed E-state index contributed by atoms with van der Waals surface area (Å²) in [6, 6.07) is 17.2. The molecule has 1 aliphatic rings. The van der Waals surface area contributed by atoms with Crippen LogP contribution < -0.4 is 5.63 Å². The van der Waals surface area contributed by atoms with Gasteiger partial charge in [0.2, 0.25) is 0 Å². The Morgan fingerprint density at radius 1 is 1.07 bits per heavy atom. The Hall–Kier alpha value is -3.03. The minimum Gasteiger partial charge on any atom is -0.422 e. The maximum absolute atomic E-state index is 13.0. The highest BCUT2D eigenvalue weighted by Gasteiger charge is 2.28. The molecule has 0 saturated carbocycles. The zero-order valence-electron chi connectivity index (χ0n) is 16.6. The van der Waals surface area contributed by atoms with Crippen LogP contribution in [0.1, 0.15) is 28.3 Å². The lowest BCUT2D eigenvalue weighted by Gasteiger charge is -2.37. The first-order valence-corrected chi connectivity index (χ1v) is 10.8. The summed E-state index contributed by atoms with van der Waals surface area (Å²) in [4.78, 5) is 34.1. The first-order chi connectivity index (χ1) is 14.6. The highest BCUT2D eigenvalue weighted by molar-refractivity contribution is 7.18. The Morgan fingerprint density at radius 3 is 2.60 bits per heavy atom. The number of fused-ring (bicyclic) bond motifs is 2. The van der Waals surface area contributed by atoms with Crippen molar-refractivity contribution in [3.05, 3.63) is 75.6 Å². The van der Waals surface area contributed by atoms with Gasteiger partial charge >= 0.3 is 5.63 Å². The van der Waals surface area contributed by atoms with Crippen LogP contribution in [0.5, 0.6) is 0 Å². The summed E-state index contributed by atoms with van der Waals surface area (Å²) in [5.74, 6) is -0.262. The van der Waals surface area contributed by atoms with Crippen molar-refractivity contribution in [1.82, 2.24) is 14.8 Å². The number of thiazole rings is 1. The molecular weight excluding hydrogens is 398 g/mol. The van der Waals surface area contributed by atoms with Gasteiger partial charge in [0.25, 0.3) is 5.91 Å². The Bertz CT molecular complexity index is 1250. The van der Waals surface area contributed by atoms with E-state index in [1.807, 2.05) is 30.3 Å². The third-order valence-corrected chi connectivity index (χ3v) is 6.90. The molecule has 5 rings (SSSR count). The summed E-state index contributed by atoms with van der Waals surface area (Å²) in [6.07, 6.45) is 0. The maximum atomic E-state index is 13.0. The lowest BCUT2D eigenvalue weighted by Crippen LogP contribution is -2.49. The van der Waals surface area contributed by atoms with Crippen molar-refractivity contribution < 1.29 is 9.21 Å². The number of nitrogens with zero attached hydrogens (tertiary/aromatic N) is 3. The van der Waals surface area contributed by atoms with E-state index in [0.717, 1.165) is 29.0 Å². The van der Waals surface area contributed by atoms with Crippen molar-refractivity contribution in [2.24, 2.45) is 0 Å². The van der Waals surface area contributed by atoms with Crippen LogP contribution in [0.4, 0.5) is 0 Å². The van der Waals surface area contributed by atoms with Crippen molar-refractivity contribution in [1.29, 1.82) is 0 Å². The Labute approximate surface area is 177 Å². The van der Waals surface area contributed by atoms with E-state index in [9.17, 15) is 9.59 Å². The fraction of sp³-hybridized carbons (Fsp3) is 0.261. The number of hydrogen-bond donors (Lipinski definition) is 0. The molecule has 1 atom stereocenters. The molecule has 4 aromatic rings. The van der Waals surface area contributed by atoms with Crippen molar-refractivity contribution in [3.63, 3.8) is 0 Å². The zero-order valence-corrected chi connectivity index (χ0v) is 17.4. The summed E-state index contributed by atoms with van der Waals surface area (Å²) in [6.45, 7) is 4.78. The first-order valence-electron chi connectivity index (χ1n) is 10.0. The van der Waals surface area contributed by atoms with E-state index in [2.05, 4.69) is 17.9 Å². The third kappa shape index (κ3) is 3.40. The fourth-order valence-electron chi connectivity index (χ4n) is 3.92. The van der Waals surface area contributed by atoms with Gasteiger partial charge in [-0.2, -0.15) is 0 Å². The van der Waals surface area contributed by atoms with Gasteiger partial charge in [-0.25, -0.2) is 9.78 Å². The van der Waals surface area contributed by atoms with Gasteiger partial charge in [0.15, 0.2) is 0 Å². The number of hydrogen-bond acceptors (Lipinski definition) is 6. The second-order valence-electron chi connectivity index (χ2n) is 7.51. The Balaban J connectivity index is 1.30. The molecule has 6 nitrogen and oxygen atoms in total. The minimum atomic E-state index is -0.580. The molecule has 1 aliphatic heterocycles. The molecule has 1 saturated heterocycles. The first kappa shape index (κ1) is 19.0. The summed E-state index contributed by atoms with van der Waals surface area (Å²) >= 11 is 1.72. The lowest BCUT2D eigenvalue weighted by molar-refractivity contribution is 0.0578. The van der Waals surface area contributed by atoms with E-state index in [4.69, 9.17) is 9.40 Å². The van der Waals surface area contributed by atoms with E-state index < -0.39 is 5.63 Å². The van der Waals surface area contributed by atoms with Gasteiger partial charge in [0.05, 0.1) is 16.3 Å². The molecule has 152 valence electrons. The van der Waals surface area contributed by atoms with Gasteiger partial charge < -0.3 is 9.32 Å². The van der Waals surface area contributed by atoms with E-state index in [-0.39, 0.29) is 17.5 Å².